The van der Waals surface area contributed by atoms with E-state index < -0.39 is 23.2 Å². The minimum absolute atomic E-state index is 0.210. The first kappa shape index (κ1) is 18.4. The Balaban J connectivity index is 2.79. The summed E-state index contributed by atoms with van der Waals surface area (Å²) in [4.78, 5) is 36.0. The molecule has 126 valence electrons. The molecule has 1 amide bonds. The second kappa shape index (κ2) is 7.58. The molecule has 1 aliphatic heterocycles. The van der Waals surface area contributed by atoms with Gasteiger partial charge in [0.05, 0.1) is 6.61 Å². The molecule has 1 rings (SSSR count). The highest BCUT2D eigenvalue weighted by Crippen LogP contribution is 2.24. The maximum Gasteiger partial charge on any atom is 0.408 e. The molecule has 0 aromatic heterocycles. The van der Waals surface area contributed by atoms with E-state index in [2.05, 4.69) is 5.32 Å². The van der Waals surface area contributed by atoms with Crippen molar-refractivity contribution in [1.29, 1.82) is 0 Å². The van der Waals surface area contributed by atoms with Gasteiger partial charge in [-0.15, -0.1) is 0 Å². The van der Waals surface area contributed by atoms with Gasteiger partial charge in [-0.3, -0.25) is 9.59 Å². The largest absolute Gasteiger partial charge is 0.466 e. The number of esters is 1. The highest BCUT2D eigenvalue weighted by molar-refractivity contribution is 6.02. The third-order valence-electron chi connectivity index (χ3n) is 3.23. The number of rotatable bonds is 5. The average Bonchev–Trinajstić information content (AvgIpc) is 2.37. The SMILES string of the molecule is CCOC(=O)CC(=O)C1(NC(=O)OC(C)(C)C)CCOCC1. The molecule has 0 aliphatic carbocycles. The molecule has 0 unspecified atom stereocenters. The van der Waals surface area contributed by atoms with Crippen LogP contribution in [-0.2, 0) is 23.8 Å². The molecule has 1 fully saturated rings. The molecule has 0 aromatic rings. The summed E-state index contributed by atoms with van der Waals surface area (Å²) in [6.07, 6.45) is -0.426. The van der Waals surface area contributed by atoms with Crippen molar-refractivity contribution >= 4 is 17.8 Å². The van der Waals surface area contributed by atoms with E-state index >= 15 is 0 Å². The van der Waals surface area contributed by atoms with Crippen LogP contribution in [0.3, 0.4) is 0 Å². The highest BCUT2D eigenvalue weighted by Gasteiger charge is 2.42. The zero-order valence-corrected chi connectivity index (χ0v) is 13.7. The molecule has 0 aromatic carbocycles. The Hall–Kier alpha value is -1.63. The number of amides is 1. The van der Waals surface area contributed by atoms with Crippen molar-refractivity contribution in [3.8, 4) is 0 Å². The number of alkyl carbamates (subject to hydrolysis) is 1. The summed E-state index contributed by atoms with van der Waals surface area (Å²) >= 11 is 0. The van der Waals surface area contributed by atoms with Crippen LogP contribution in [0.1, 0.15) is 47.0 Å². The van der Waals surface area contributed by atoms with Crippen LogP contribution in [0.2, 0.25) is 0 Å². The van der Waals surface area contributed by atoms with Gasteiger partial charge in [0.15, 0.2) is 5.78 Å². The van der Waals surface area contributed by atoms with E-state index in [9.17, 15) is 14.4 Å². The lowest BCUT2D eigenvalue weighted by Gasteiger charge is -2.36. The topological polar surface area (TPSA) is 90.9 Å². The number of ketones is 1. The van der Waals surface area contributed by atoms with Crippen molar-refractivity contribution in [2.45, 2.75) is 58.1 Å². The van der Waals surface area contributed by atoms with Crippen LogP contribution < -0.4 is 5.32 Å². The third-order valence-corrected chi connectivity index (χ3v) is 3.23. The molecular weight excluding hydrogens is 290 g/mol. The van der Waals surface area contributed by atoms with Gasteiger partial charge in [-0.2, -0.15) is 0 Å². The van der Waals surface area contributed by atoms with Gasteiger partial charge in [-0.05, 0) is 27.7 Å². The van der Waals surface area contributed by atoms with Crippen molar-refractivity contribution in [1.82, 2.24) is 5.32 Å². The maximum absolute atomic E-state index is 12.5. The van der Waals surface area contributed by atoms with Crippen LogP contribution >= 0.6 is 0 Å². The van der Waals surface area contributed by atoms with Gasteiger partial charge in [-0.1, -0.05) is 0 Å². The quantitative estimate of drug-likeness (QED) is 0.612. The van der Waals surface area contributed by atoms with Gasteiger partial charge in [0, 0.05) is 26.1 Å². The van der Waals surface area contributed by atoms with Gasteiger partial charge in [-0.25, -0.2) is 4.79 Å². The van der Waals surface area contributed by atoms with Gasteiger partial charge in [0.25, 0.3) is 0 Å². The zero-order valence-electron chi connectivity index (χ0n) is 13.7. The molecule has 0 spiro atoms. The van der Waals surface area contributed by atoms with E-state index in [1.54, 1.807) is 27.7 Å². The van der Waals surface area contributed by atoms with Crippen LogP contribution in [0.15, 0.2) is 0 Å². The Morgan fingerprint density at radius 2 is 1.77 bits per heavy atom. The fourth-order valence-electron chi connectivity index (χ4n) is 2.20. The zero-order chi connectivity index (χ0) is 16.8. The first-order valence-electron chi connectivity index (χ1n) is 7.46. The molecule has 1 saturated heterocycles. The Morgan fingerprint density at radius 1 is 1.18 bits per heavy atom. The lowest BCUT2D eigenvalue weighted by Crippen LogP contribution is -2.58. The van der Waals surface area contributed by atoms with Gasteiger partial charge in [0.1, 0.15) is 17.6 Å². The summed E-state index contributed by atoms with van der Waals surface area (Å²) in [7, 11) is 0. The number of nitrogens with one attached hydrogen (secondary N) is 1. The molecule has 0 radical (unpaired) electrons. The molecule has 7 heteroatoms. The number of hydrogen-bond donors (Lipinski definition) is 1. The van der Waals surface area contributed by atoms with Crippen molar-refractivity contribution in [3.63, 3.8) is 0 Å². The van der Waals surface area contributed by atoms with Crippen LogP contribution in [0.25, 0.3) is 0 Å². The summed E-state index contributed by atoms with van der Waals surface area (Å²) in [5.41, 5.74) is -1.80. The molecule has 0 saturated carbocycles. The van der Waals surface area contributed by atoms with E-state index in [1.807, 2.05) is 0 Å². The second-order valence-electron chi connectivity index (χ2n) is 6.23. The fraction of sp³-hybridized carbons (Fsp3) is 0.800. The lowest BCUT2D eigenvalue weighted by atomic mass is 9.84. The predicted octanol–water partition coefficient (Wildman–Crippen LogP) is 1.58. The Kier molecular flexibility index (Phi) is 6.34. The standard InChI is InChI=1S/C15H25NO6/c1-5-21-12(18)10-11(17)15(6-8-20-9-7-15)16-13(19)22-14(2,3)4/h5-10H2,1-4H3,(H,16,19). The Labute approximate surface area is 130 Å². The first-order valence-corrected chi connectivity index (χ1v) is 7.46. The van der Waals surface area contributed by atoms with Crippen molar-refractivity contribution < 1.29 is 28.6 Å². The van der Waals surface area contributed by atoms with Crippen molar-refractivity contribution in [3.05, 3.63) is 0 Å². The summed E-state index contributed by atoms with van der Waals surface area (Å²) in [6, 6.07) is 0. The molecule has 7 nitrogen and oxygen atoms in total. The normalized spacial score (nSPS) is 17.5. The van der Waals surface area contributed by atoms with E-state index in [0.717, 1.165) is 0 Å². The lowest BCUT2D eigenvalue weighted by molar-refractivity contribution is -0.148. The molecule has 1 N–H and O–H groups in total. The number of Topliss-reactive ketones (excluding diaryl/α,β-unsaturated/α-hetero) is 1. The van der Waals surface area contributed by atoms with Crippen LogP contribution in [-0.4, -0.2) is 48.8 Å². The van der Waals surface area contributed by atoms with Crippen LogP contribution in [0, 0.1) is 0 Å². The number of carbonyl (C=O) groups is 3. The molecule has 0 atom stereocenters. The number of hydrogen-bond acceptors (Lipinski definition) is 6. The maximum atomic E-state index is 12.5. The molecule has 1 aliphatic rings. The van der Waals surface area contributed by atoms with Crippen molar-refractivity contribution in [2.24, 2.45) is 0 Å². The van der Waals surface area contributed by atoms with Gasteiger partial charge in [0.2, 0.25) is 0 Å². The molecule has 1 heterocycles. The second-order valence-corrected chi connectivity index (χ2v) is 6.23. The minimum atomic E-state index is -1.13. The van der Waals surface area contributed by atoms with E-state index in [1.165, 1.54) is 0 Å². The van der Waals surface area contributed by atoms with E-state index in [4.69, 9.17) is 14.2 Å². The summed E-state index contributed by atoms with van der Waals surface area (Å²) < 4.78 is 15.3. The van der Waals surface area contributed by atoms with E-state index in [0.29, 0.717) is 26.1 Å². The van der Waals surface area contributed by atoms with Gasteiger partial charge < -0.3 is 19.5 Å². The molecular formula is C15H25NO6. The average molecular weight is 315 g/mol. The smallest absolute Gasteiger partial charge is 0.408 e. The summed E-state index contributed by atoms with van der Waals surface area (Å²) in [5.74, 6) is -0.968. The highest BCUT2D eigenvalue weighted by atomic mass is 16.6. The Bertz CT molecular complexity index is 420. The first-order chi connectivity index (χ1) is 10.2. The predicted molar refractivity (Wildman–Crippen MR) is 78.4 cm³/mol. The van der Waals surface area contributed by atoms with Crippen LogP contribution in [0.5, 0.6) is 0 Å². The number of carbonyl (C=O) groups excluding carboxylic acids is 3. The minimum Gasteiger partial charge on any atom is -0.466 e. The van der Waals surface area contributed by atoms with Gasteiger partial charge >= 0.3 is 12.1 Å². The van der Waals surface area contributed by atoms with E-state index in [-0.39, 0.29) is 18.8 Å². The fourth-order valence-corrected chi connectivity index (χ4v) is 2.20. The third kappa shape index (κ3) is 5.63. The monoisotopic (exact) mass is 315 g/mol. The van der Waals surface area contributed by atoms with Crippen molar-refractivity contribution in [2.75, 3.05) is 19.8 Å². The van der Waals surface area contributed by atoms with Crippen LogP contribution in [0.4, 0.5) is 4.79 Å². The summed E-state index contributed by atoms with van der Waals surface area (Å²) in [6.45, 7) is 7.78. The molecule has 22 heavy (non-hydrogen) atoms. The number of ether oxygens (including phenoxy) is 3. The summed E-state index contributed by atoms with van der Waals surface area (Å²) in [5, 5.41) is 2.64. The molecule has 0 bridgehead atoms. The Morgan fingerprint density at radius 3 is 2.27 bits per heavy atom.